The molecule has 1 amide bonds. The van der Waals surface area contributed by atoms with E-state index < -0.39 is 29.6 Å². The SMILES string of the molecule is Cn1ncc(C(=O)Nc2ccc3c(c2)OC(F)(F)C(F)(F)O3)c1N. The van der Waals surface area contributed by atoms with Crippen LogP contribution in [0, 0.1) is 0 Å². The summed E-state index contributed by atoms with van der Waals surface area (Å²) in [7, 11) is 1.53. The zero-order valence-corrected chi connectivity index (χ0v) is 12.0. The van der Waals surface area contributed by atoms with Crippen LogP contribution in [0.4, 0.5) is 29.1 Å². The Morgan fingerprint density at radius 3 is 2.42 bits per heavy atom. The first-order chi connectivity index (χ1) is 11.1. The van der Waals surface area contributed by atoms with Crippen molar-refractivity contribution in [3.8, 4) is 11.5 Å². The molecule has 1 aromatic carbocycles. The van der Waals surface area contributed by atoms with Crippen LogP contribution in [0.2, 0.25) is 0 Å². The molecule has 0 spiro atoms. The molecule has 3 rings (SSSR count). The van der Waals surface area contributed by atoms with Crippen LogP contribution in [-0.4, -0.2) is 27.9 Å². The number of amides is 1. The number of hydrogen-bond donors (Lipinski definition) is 2. The maximum atomic E-state index is 13.2. The van der Waals surface area contributed by atoms with Crippen molar-refractivity contribution in [3.63, 3.8) is 0 Å². The van der Waals surface area contributed by atoms with Crippen LogP contribution < -0.4 is 20.5 Å². The molecule has 0 aliphatic carbocycles. The number of carbonyl (C=O) groups is 1. The van der Waals surface area contributed by atoms with Gasteiger partial charge >= 0.3 is 12.2 Å². The molecule has 128 valence electrons. The summed E-state index contributed by atoms with van der Waals surface area (Å²) in [6.07, 6.45) is -8.41. The lowest BCUT2D eigenvalue weighted by atomic mass is 10.2. The lowest BCUT2D eigenvalue weighted by molar-refractivity contribution is -0.391. The van der Waals surface area contributed by atoms with Gasteiger partial charge in [-0.3, -0.25) is 9.48 Å². The van der Waals surface area contributed by atoms with Crippen molar-refractivity contribution in [1.29, 1.82) is 0 Å². The summed E-state index contributed by atoms with van der Waals surface area (Å²) in [5, 5.41) is 6.16. The minimum Gasteiger partial charge on any atom is -0.421 e. The number of fused-ring (bicyclic) bond motifs is 1. The average Bonchev–Trinajstić information content (AvgIpc) is 2.80. The lowest BCUT2D eigenvalue weighted by Crippen LogP contribution is -2.52. The molecule has 24 heavy (non-hydrogen) atoms. The summed E-state index contributed by atoms with van der Waals surface area (Å²) < 4.78 is 61.6. The molecular weight excluding hydrogens is 336 g/mol. The van der Waals surface area contributed by atoms with Gasteiger partial charge in [0, 0.05) is 18.8 Å². The summed E-state index contributed by atoms with van der Waals surface area (Å²) in [4.78, 5) is 12.1. The minimum absolute atomic E-state index is 0.0200. The van der Waals surface area contributed by atoms with Gasteiger partial charge < -0.3 is 20.5 Å². The molecule has 2 heterocycles. The molecule has 0 radical (unpaired) electrons. The molecule has 7 nitrogen and oxygen atoms in total. The van der Waals surface area contributed by atoms with Gasteiger partial charge in [-0.2, -0.15) is 22.7 Å². The Labute approximate surface area is 131 Å². The Morgan fingerprint density at radius 2 is 1.83 bits per heavy atom. The number of ether oxygens (including phenoxy) is 2. The maximum absolute atomic E-state index is 13.2. The highest BCUT2D eigenvalue weighted by Gasteiger charge is 2.65. The molecule has 1 aliphatic rings. The fraction of sp³-hybridized carbons (Fsp3) is 0.231. The molecule has 3 N–H and O–H groups in total. The van der Waals surface area contributed by atoms with E-state index >= 15 is 0 Å². The number of carbonyl (C=O) groups excluding carboxylic acids is 1. The number of halogens is 4. The first kappa shape index (κ1) is 15.9. The molecule has 0 fully saturated rings. The highest BCUT2D eigenvalue weighted by atomic mass is 19.3. The second-order valence-electron chi connectivity index (χ2n) is 4.92. The van der Waals surface area contributed by atoms with Crippen LogP contribution in [0.3, 0.4) is 0 Å². The molecular formula is C13H10F4N4O3. The largest absolute Gasteiger partial charge is 0.507 e. The van der Waals surface area contributed by atoms with Gasteiger partial charge in [-0.25, -0.2) is 0 Å². The van der Waals surface area contributed by atoms with E-state index in [0.717, 1.165) is 12.1 Å². The first-order valence-electron chi connectivity index (χ1n) is 6.47. The third kappa shape index (κ3) is 2.47. The van der Waals surface area contributed by atoms with Gasteiger partial charge in [0.05, 0.1) is 6.20 Å². The van der Waals surface area contributed by atoms with Crippen molar-refractivity contribution < 1.29 is 31.8 Å². The highest BCUT2D eigenvalue weighted by Crippen LogP contribution is 2.47. The van der Waals surface area contributed by atoms with Crippen LogP contribution in [0.1, 0.15) is 10.4 Å². The quantitative estimate of drug-likeness (QED) is 0.814. The molecule has 0 atom stereocenters. The number of nitrogens with one attached hydrogen (secondary N) is 1. The molecule has 0 unspecified atom stereocenters. The van der Waals surface area contributed by atoms with E-state index in [9.17, 15) is 22.4 Å². The van der Waals surface area contributed by atoms with Crippen molar-refractivity contribution in [2.24, 2.45) is 7.05 Å². The van der Waals surface area contributed by atoms with Crippen molar-refractivity contribution in [2.45, 2.75) is 12.2 Å². The van der Waals surface area contributed by atoms with Crippen molar-refractivity contribution >= 4 is 17.4 Å². The van der Waals surface area contributed by atoms with Crippen molar-refractivity contribution in [2.75, 3.05) is 11.1 Å². The Balaban J connectivity index is 1.85. The van der Waals surface area contributed by atoms with Gasteiger partial charge in [-0.15, -0.1) is 0 Å². The number of rotatable bonds is 2. The number of anilines is 2. The van der Waals surface area contributed by atoms with Crippen LogP contribution in [0.5, 0.6) is 11.5 Å². The van der Waals surface area contributed by atoms with Gasteiger partial charge in [-0.1, -0.05) is 0 Å². The fourth-order valence-electron chi connectivity index (χ4n) is 1.97. The predicted octanol–water partition coefficient (Wildman–Crippen LogP) is 2.21. The van der Waals surface area contributed by atoms with E-state index in [1.54, 1.807) is 0 Å². The molecule has 0 saturated carbocycles. The zero-order chi connectivity index (χ0) is 17.7. The summed E-state index contributed by atoms with van der Waals surface area (Å²) >= 11 is 0. The molecule has 0 bridgehead atoms. The van der Waals surface area contributed by atoms with Crippen molar-refractivity contribution in [3.05, 3.63) is 30.0 Å². The van der Waals surface area contributed by atoms with Crippen LogP contribution in [-0.2, 0) is 7.05 Å². The van der Waals surface area contributed by atoms with E-state index in [2.05, 4.69) is 19.9 Å². The van der Waals surface area contributed by atoms with Gasteiger partial charge in [0.15, 0.2) is 11.5 Å². The number of aryl methyl sites for hydroxylation is 1. The number of nitrogens with zero attached hydrogens (tertiary/aromatic N) is 2. The number of benzene rings is 1. The number of nitrogens with two attached hydrogens (primary N) is 1. The topological polar surface area (TPSA) is 91.4 Å². The molecule has 11 heteroatoms. The first-order valence-corrected chi connectivity index (χ1v) is 6.47. The number of nitrogen functional groups attached to an aromatic ring is 1. The number of alkyl halides is 4. The molecule has 0 saturated heterocycles. The lowest BCUT2D eigenvalue weighted by Gasteiger charge is -2.31. The Bertz CT molecular complexity index is 822. The maximum Gasteiger partial charge on any atom is 0.507 e. The Morgan fingerprint density at radius 1 is 1.21 bits per heavy atom. The second kappa shape index (κ2) is 5.01. The predicted molar refractivity (Wildman–Crippen MR) is 73.2 cm³/mol. The van der Waals surface area contributed by atoms with Gasteiger partial charge in [0.25, 0.3) is 5.91 Å². The zero-order valence-electron chi connectivity index (χ0n) is 12.0. The molecule has 1 aliphatic heterocycles. The summed E-state index contributed by atoms with van der Waals surface area (Å²) in [6.45, 7) is 0. The highest BCUT2D eigenvalue weighted by molar-refractivity contribution is 6.07. The van der Waals surface area contributed by atoms with Crippen LogP contribution in [0.25, 0.3) is 0 Å². The normalized spacial score (nSPS) is 17.4. The summed E-state index contributed by atoms with van der Waals surface area (Å²) in [5.41, 5.74) is 5.73. The van der Waals surface area contributed by atoms with E-state index in [0.29, 0.717) is 0 Å². The van der Waals surface area contributed by atoms with Crippen molar-refractivity contribution in [1.82, 2.24) is 9.78 Å². The summed E-state index contributed by atoms with van der Waals surface area (Å²) in [5.74, 6) is -1.78. The Hall–Kier alpha value is -2.98. The van der Waals surface area contributed by atoms with Gasteiger partial charge in [-0.05, 0) is 12.1 Å². The van der Waals surface area contributed by atoms with E-state index in [-0.39, 0.29) is 17.1 Å². The van der Waals surface area contributed by atoms with Gasteiger partial charge in [0.1, 0.15) is 11.4 Å². The second-order valence-corrected chi connectivity index (χ2v) is 4.92. The molecule has 1 aromatic heterocycles. The number of hydrogen-bond acceptors (Lipinski definition) is 5. The van der Waals surface area contributed by atoms with Crippen LogP contribution >= 0.6 is 0 Å². The Kier molecular flexibility index (Phi) is 3.32. The third-order valence-electron chi connectivity index (χ3n) is 3.25. The average molecular weight is 346 g/mol. The van der Waals surface area contributed by atoms with E-state index in [1.165, 1.54) is 24.0 Å². The smallest absolute Gasteiger partial charge is 0.421 e. The monoisotopic (exact) mass is 346 g/mol. The van der Waals surface area contributed by atoms with E-state index in [1.807, 2.05) is 0 Å². The minimum atomic E-state index is -4.84. The van der Waals surface area contributed by atoms with E-state index in [4.69, 9.17) is 5.73 Å². The third-order valence-corrected chi connectivity index (χ3v) is 3.25. The van der Waals surface area contributed by atoms with Gasteiger partial charge in [0.2, 0.25) is 0 Å². The summed E-state index contributed by atoms with van der Waals surface area (Å²) in [6, 6.07) is 3.09. The number of aromatic nitrogens is 2. The standard InChI is InChI=1S/C13H10F4N4O3/c1-21-10(18)7(5-19-21)11(22)20-6-2-3-8-9(4-6)24-13(16,17)12(14,15)23-8/h2-5H,18H2,1H3,(H,20,22). The molecule has 2 aromatic rings. The fourth-order valence-corrected chi connectivity index (χ4v) is 1.97. The van der Waals surface area contributed by atoms with Crippen LogP contribution in [0.15, 0.2) is 24.4 Å².